The van der Waals surface area contributed by atoms with E-state index in [4.69, 9.17) is 27.9 Å². The van der Waals surface area contributed by atoms with Crippen molar-refractivity contribution < 1.29 is 9.53 Å². The van der Waals surface area contributed by atoms with Gasteiger partial charge in [0.05, 0.1) is 10.0 Å². The lowest BCUT2D eigenvalue weighted by molar-refractivity contribution is -0.124. The van der Waals surface area contributed by atoms with Crippen LogP contribution in [0.3, 0.4) is 0 Å². The van der Waals surface area contributed by atoms with Gasteiger partial charge in [-0.3, -0.25) is 9.69 Å². The molecule has 3 rings (SSSR count). The van der Waals surface area contributed by atoms with Crippen molar-refractivity contribution in [1.82, 2.24) is 10.2 Å². The summed E-state index contributed by atoms with van der Waals surface area (Å²) in [4.78, 5) is 14.8. The first-order valence-electron chi connectivity index (χ1n) is 8.75. The standard InChI is InChI=1S/C18H24Cl2N2O2.ClH/c19-14-8-7-13(11-15(14)20)24-12-18(23)21-16-5-1-2-6-17(16)22-9-3-4-10-22;/h7-8,11,16-17H,1-6,9-10,12H2,(H,21,23);1H. The van der Waals surface area contributed by atoms with Crippen LogP contribution >= 0.6 is 35.6 Å². The number of hydrogen-bond acceptors (Lipinski definition) is 3. The molecular formula is C18H25Cl3N2O2. The molecule has 1 saturated carbocycles. The quantitative estimate of drug-likeness (QED) is 0.790. The zero-order valence-corrected chi connectivity index (χ0v) is 16.5. The van der Waals surface area contributed by atoms with E-state index in [9.17, 15) is 4.79 Å². The minimum atomic E-state index is -0.0721. The summed E-state index contributed by atoms with van der Waals surface area (Å²) in [6.07, 6.45) is 7.23. The lowest BCUT2D eigenvalue weighted by Crippen LogP contribution is -2.53. The van der Waals surface area contributed by atoms with Gasteiger partial charge >= 0.3 is 0 Å². The molecule has 1 N–H and O–H groups in total. The van der Waals surface area contributed by atoms with E-state index in [0.717, 1.165) is 19.5 Å². The van der Waals surface area contributed by atoms with Gasteiger partial charge in [0, 0.05) is 18.2 Å². The average molecular weight is 408 g/mol. The fraction of sp³-hybridized carbons (Fsp3) is 0.611. The monoisotopic (exact) mass is 406 g/mol. The van der Waals surface area contributed by atoms with Crippen LogP contribution in [-0.2, 0) is 4.79 Å². The number of halogens is 3. The Labute approximate surface area is 165 Å². The van der Waals surface area contributed by atoms with Crippen LogP contribution in [0.5, 0.6) is 5.75 Å². The molecule has 25 heavy (non-hydrogen) atoms. The van der Waals surface area contributed by atoms with Crippen molar-refractivity contribution in [2.45, 2.75) is 50.6 Å². The Kier molecular flexibility index (Phi) is 8.14. The van der Waals surface area contributed by atoms with Crippen molar-refractivity contribution in [2.75, 3.05) is 19.7 Å². The molecule has 1 amide bonds. The molecule has 4 nitrogen and oxygen atoms in total. The fourth-order valence-electron chi connectivity index (χ4n) is 3.75. The van der Waals surface area contributed by atoms with E-state index in [-0.39, 0.29) is 31.0 Å². The van der Waals surface area contributed by atoms with Gasteiger partial charge in [-0.05, 0) is 50.9 Å². The molecule has 1 heterocycles. The van der Waals surface area contributed by atoms with Gasteiger partial charge in [0.2, 0.25) is 0 Å². The van der Waals surface area contributed by atoms with Crippen molar-refractivity contribution in [3.05, 3.63) is 28.2 Å². The molecule has 1 saturated heterocycles. The molecule has 1 aromatic rings. The summed E-state index contributed by atoms with van der Waals surface area (Å²) >= 11 is 11.8. The Morgan fingerprint density at radius 2 is 1.84 bits per heavy atom. The van der Waals surface area contributed by atoms with Crippen LogP contribution in [0.4, 0.5) is 0 Å². The van der Waals surface area contributed by atoms with Crippen molar-refractivity contribution in [2.24, 2.45) is 0 Å². The van der Waals surface area contributed by atoms with Crippen molar-refractivity contribution in [3.63, 3.8) is 0 Å². The van der Waals surface area contributed by atoms with Crippen LogP contribution in [0, 0.1) is 0 Å². The average Bonchev–Trinajstić information content (AvgIpc) is 3.11. The van der Waals surface area contributed by atoms with Gasteiger partial charge in [-0.25, -0.2) is 0 Å². The maximum absolute atomic E-state index is 12.3. The molecule has 1 aliphatic heterocycles. The van der Waals surface area contributed by atoms with Crippen LogP contribution in [0.2, 0.25) is 10.0 Å². The zero-order chi connectivity index (χ0) is 16.9. The lowest BCUT2D eigenvalue weighted by Gasteiger charge is -2.38. The zero-order valence-electron chi connectivity index (χ0n) is 14.2. The van der Waals surface area contributed by atoms with E-state index in [2.05, 4.69) is 10.2 Å². The molecule has 2 atom stereocenters. The molecule has 0 radical (unpaired) electrons. The molecule has 7 heteroatoms. The summed E-state index contributed by atoms with van der Waals surface area (Å²) in [6, 6.07) is 5.73. The van der Waals surface area contributed by atoms with Crippen LogP contribution in [0.15, 0.2) is 18.2 Å². The Balaban J connectivity index is 0.00000225. The first-order valence-corrected chi connectivity index (χ1v) is 9.50. The highest BCUT2D eigenvalue weighted by molar-refractivity contribution is 6.42. The van der Waals surface area contributed by atoms with Crippen molar-refractivity contribution >= 4 is 41.5 Å². The molecule has 140 valence electrons. The number of benzene rings is 1. The summed E-state index contributed by atoms with van der Waals surface area (Å²) in [6.45, 7) is 2.33. The normalized spacial score (nSPS) is 23.8. The Bertz CT molecular complexity index is 579. The van der Waals surface area contributed by atoms with Gasteiger partial charge in [-0.15, -0.1) is 12.4 Å². The number of hydrogen-bond donors (Lipinski definition) is 1. The summed E-state index contributed by atoms with van der Waals surface area (Å²) in [5.74, 6) is 0.483. The number of ether oxygens (including phenoxy) is 1. The second-order valence-electron chi connectivity index (χ2n) is 6.63. The second-order valence-corrected chi connectivity index (χ2v) is 7.45. The van der Waals surface area contributed by atoms with Crippen molar-refractivity contribution in [1.29, 1.82) is 0 Å². The van der Waals surface area contributed by atoms with Gasteiger partial charge in [-0.2, -0.15) is 0 Å². The third-order valence-corrected chi connectivity index (χ3v) is 5.69. The first-order chi connectivity index (χ1) is 11.6. The van der Waals surface area contributed by atoms with E-state index in [0.29, 0.717) is 21.8 Å². The molecule has 1 aromatic carbocycles. The van der Waals surface area contributed by atoms with Gasteiger partial charge in [0.1, 0.15) is 5.75 Å². The summed E-state index contributed by atoms with van der Waals surface area (Å²) in [5, 5.41) is 4.08. The molecule has 1 aliphatic carbocycles. The van der Waals surface area contributed by atoms with Crippen LogP contribution in [0.1, 0.15) is 38.5 Å². The molecule has 0 aromatic heterocycles. The number of amides is 1. The van der Waals surface area contributed by atoms with Crippen LogP contribution < -0.4 is 10.1 Å². The fourth-order valence-corrected chi connectivity index (χ4v) is 4.04. The van der Waals surface area contributed by atoms with E-state index >= 15 is 0 Å². The smallest absolute Gasteiger partial charge is 0.258 e. The van der Waals surface area contributed by atoms with Crippen molar-refractivity contribution in [3.8, 4) is 5.75 Å². The highest BCUT2D eigenvalue weighted by atomic mass is 35.5. The Hall–Kier alpha value is -0.680. The van der Waals surface area contributed by atoms with Crippen LogP contribution in [0.25, 0.3) is 0 Å². The maximum atomic E-state index is 12.3. The van der Waals surface area contributed by atoms with E-state index in [1.54, 1.807) is 18.2 Å². The number of carbonyl (C=O) groups excluding carboxylic acids is 1. The molecular weight excluding hydrogens is 383 g/mol. The largest absolute Gasteiger partial charge is 0.484 e. The van der Waals surface area contributed by atoms with Gasteiger partial charge < -0.3 is 10.1 Å². The third-order valence-electron chi connectivity index (χ3n) is 4.95. The molecule has 0 bridgehead atoms. The topological polar surface area (TPSA) is 41.6 Å². The summed E-state index contributed by atoms with van der Waals surface area (Å²) in [5.41, 5.74) is 0. The maximum Gasteiger partial charge on any atom is 0.258 e. The van der Waals surface area contributed by atoms with E-state index < -0.39 is 0 Å². The third kappa shape index (κ3) is 5.65. The SMILES string of the molecule is Cl.O=C(COc1ccc(Cl)c(Cl)c1)NC1CCCCC1N1CCCC1. The number of carbonyl (C=O) groups is 1. The minimum absolute atomic E-state index is 0. The summed E-state index contributed by atoms with van der Waals surface area (Å²) < 4.78 is 5.54. The van der Waals surface area contributed by atoms with E-state index in [1.165, 1.54) is 32.1 Å². The minimum Gasteiger partial charge on any atom is -0.484 e. The Morgan fingerprint density at radius 1 is 1.12 bits per heavy atom. The predicted octanol–water partition coefficient (Wildman–Crippen LogP) is 4.32. The molecule has 0 spiro atoms. The number of rotatable bonds is 5. The van der Waals surface area contributed by atoms with Gasteiger partial charge in [0.25, 0.3) is 5.91 Å². The number of likely N-dealkylation sites (tertiary alicyclic amines) is 1. The molecule has 2 aliphatic rings. The highest BCUT2D eigenvalue weighted by Gasteiger charge is 2.32. The first kappa shape index (κ1) is 20.6. The van der Waals surface area contributed by atoms with E-state index in [1.807, 2.05) is 0 Å². The predicted molar refractivity (Wildman–Crippen MR) is 104 cm³/mol. The summed E-state index contributed by atoms with van der Waals surface area (Å²) in [7, 11) is 0. The lowest BCUT2D eigenvalue weighted by atomic mass is 9.89. The number of nitrogens with zero attached hydrogens (tertiary/aromatic N) is 1. The van der Waals surface area contributed by atoms with Gasteiger partial charge in [0.15, 0.2) is 6.61 Å². The highest BCUT2D eigenvalue weighted by Crippen LogP contribution is 2.27. The Morgan fingerprint density at radius 3 is 2.56 bits per heavy atom. The number of nitrogens with one attached hydrogen (secondary N) is 1. The molecule has 2 fully saturated rings. The van der Waals surface area contributed by atoms with Gasteiger partial charge in [-0.1, -0.05) is 36.0 Å². The van der Waals surface area contributed by atoms with Crippen LogP contribution in [-0.4, -0.2) is 42.6 Å². The second kappa shape index (κ2) is 9.86. The molecule has 2 unspecified atom stereocenters.